The number of fused-ring (bicyclic) bond motifs is 1. The Morgan fingerprint density at radius 3 is 2.86 bits per heavy atom. The lowest BCUT2D eigenvalue weighted by Gasteiger charge is -2.06. The second-order valence-corrected chi connectivity index (χ2v) is 4.91. The number of pyridine rings is 1. The van der Waals surface area contributed by atoms with E-state index in [1.54, 1.807) is 25.6 Å². The molecule has 22 heavy (non-hydrogen) atoms. The topological polar surface area (TPSA) is 52.8 Å². The highest BCUT2D eigenvalue weighted by molar-refractivity contribution is 5.89. The van der Waals surface area contributed by atoms with Gasteiger partial charge in [-0.05, 0) is 29.8 Å². The summed E-state index contributed by atoms with van der Waals surface area (Å²) >= 11 is 0. The van der Waals surface area contributed by atoms with Crippen LogP contribution in [-0.2, 0) is 11.2 Å². The van der Waals surface area contributed by atoms with Crippen molar-refractivity contribution >= 4 is 11.5 Å². The lowest BCUT2D eigenvalue weighted by atomic mass is 10.1. The normalized spacial score (nSPS) is 10.6. The van der Waals surface area contributed by atoms with Crippen LogP contribution >= 0.6 is 0 Å². The number of ether oxygens (including phenoxy) is 2. The van der Waals surface area contributed by atoms with Crippen molar-refractivity contribution in [2.24, 2.45) is 0 Å². The summed E-state index contributed by atoms with van der Waals surface area (Å²) in [5.74, 6) is 1.31. The fourth-order valence-corrected chi connectivity index (χ4v) is 2.38. The van der Waals surface area contributed by atoms with E-state index in [1.165, 1.54) is 7.11 Å². The number of methoxy groups -OCH3 is 2. The van der Waals surface area contributed by atoms with Crippen molar-refractivity contribution in [1.29, 1.82) is 0 Å². The average Bonchev–Trinajstić information content (AvgIpc) is 2.96. The predicted molar refractivity (Wildman–Crippen MR) is 82.3 cm³/mol. The van der Waals surface area contributed by atoms with Crippen LogP contribution in [0.1, 0.15) is 21.7 Å². The van der Waals surface area contributed by atoms with Crippen molar-refractivity contribution in [1.82, 2.24) is 9.38 Å². The van der Waals surface area contributed by atoms with E-state index in [4.69, 9.17) is 9.47 Å². The van der Waals surface area contributed by atoms with E-state index in [0.29, 0.717) is 12.0 Å². The number of esters is 1. The maximum absolute atomic E-state index is 11.7. The summed E-state index contributed by atoms with van der Waals surface area (Å²) in [5, 5.41) is 0. The number of nitrogens with zero attached hydrogens (tertiary/aromatic N) is 2. The molecule has 0 unspecified atom stereocenters. The van der Waals surface area contributed by atoms with Crippen LogP contribution in [0.3, 0.4) is 0 Å². The molecule has 3 aromatic rings. The summed E-state index contributed by atoms with van der Waals surface area (Å²) in [6.07, 6.45) is 4.19. The fraction of sp³-hybridized carbons (Fsp3) is 0.176. The molecule has 5 nitrogen and oxygen atoms in total. The van der Waals surface area contributed by atoms with Crippen LogP contribution in [0, 0.1) is 0 Å². The third-order valence-electron chi connectivity index (χ3n) is 3.52. The summed E-state index contributed by atoms with van der Waals surface area (Å²) in [6, 6.07) is 11.4. The number of hydrogen-bond donors (Lipinski definition) is 0. The first-order valence-electron chi connectivity index (χ1n) is 6.88. The molecule has 0 aliphatic carbocycles. The van der Waals surface area contributed by atoms with Gasteiger partial charge in [-0.3, -0.25) is 0 Å². The van der Waals surface area contributed by atoms with E-state index in [2.05, 4.69) is 4.98 Å². The molecule has 0 fully saturated rings. The molecule has 5 heteroatoms. The lowest BCUT2D eigenvalue weighted by molar-refractivity contribution is 0.0600. The van der Waals surface area contributed by atoms with Crippen LogP contribution in [0.2, 0.25) is 0 Å². The Bertz CT molecular complexity index is 824. The Morgan fingerprint density at radius 1 is 1.23 bits per heavy atom. The number of carbonyl (C=O) groups is 1. The molecule has 0 aliphatic rings. The Kier molecular flexibility index (Phi) is 3.78. The molecule has 2 aromatic heterocycles. The zero-order valence-corrected chi connectivity index (χ0v) is 12.4. The van der Waals surface area contributed by atoms with Gasteiger partial charge in [0.2, 0.25) is 0 Å². The first kappa shape index (κ1) is 14.1. The van der Waals surface area contributed by atoms with Gasteiger partial charge in [-0.2, -0.15) is 0 Å². The lowest BCUT2D eigenvalue weighted by Crippen LogP contribution is -2.04. The SMILES string of the molecule is COC(=O)c1ccc2cnc(Cc3cccc(OC)c3)n2c1. The average molecular weight is 296 g/mol. The van der Waals surface area contributed by atoms with Gasteiger partial charge in [0.15, 0.2) is 0 Å². The minimum absolute atomic E-state index is 0.358. The summed E-state index contributed by atoms with van der Waals surface area (Å²) in [5.41, 5.74) is 2.53. The first-order chi connectivity index (χ1) is 10.7. The van der Waals surface area contributed by atoms with Crippen LogP contribution in [0.5, 0.6) is 5.75 Å². The summed E-state index contributed by atoms with van der Waals surface area (Å²) in [6.45, 7) is 0. The molecule has 0 radical (unpaired) electrons. The molecule has 0 spiro atoms. The minimum atomic E-state index is -0.358. The molecule has 3 rings (SSSR count). The van der Waals surface area contributed by atoms with Crippen molar-refractivity contribution in [3.8, 4) is 5.75 Å². The third-order valence-corrected chi connectivity index (χ3v) is 3.52. The molecule has 0 saturated carbocycles. The van der Waals surface area contributed by atoms with Gasteiger partial charge in [-0.15, -0.1) is 0 Å². The van der Waals surface area contributed by atoms with Crippen LogP contribution in [0.4, 0.5) is 0 Å². The Labute approximate surface area is 128 Å². The van der Waals surface area contributed by atoms with E-state index >= 15 is 0 Å². The highest BCUT2D eigenvalue weighted by Gasteiger charge is 2.10. The van der Waals surface area contributed by atoms with Crippen molar-refractivity contribution in [3.05, 3.63) is 65.7 Å². The number of hydrogen-bond acceptors (Lipinski definition) is 4. The molecule has 0 atom stereocenters. The molecule has 0 aliphatic heterocycles. The summed E-state index contributed by atoms with van der Waals surface area (Å²) in [4.78, 5) is 16.1. The second-order valence-electron chi connectivity index (χ2n) is 4.91. The van der Waals surface area contributed by atoms with E-state index in [-0.39, 0.29) is 5.97 Å². The van der Waals surface area contributed by atoms with Gasteiger partial charge < -0.3 is 13.9 Å². The van der Waals surface area contributed by atoms with Crippen LogP contribution in [0.25, 0.3) is 5.52 Å². The monoisotopic (exact) mass is 296 g/mol. The Morgan fingerprint density at radius 2 is 2.09 bits per heavy atom. The largest absolute Gasteiger partial charge is 0.497 e. The van der Waals surface area contributed by atoms with Gasteiger partial charge >= 0.3 is 5.97 Å². The maximum atomic E-state index is 11.7. The molecular weight excluding hydrogens is 280 g/mol. The minimum Gasteiger partial charge on any atom is -0.497 e. The molecule has 1 aromatic carbocycles. The third kappa shape index (κ3) is 2.65. The van der Waals surface area contributed by atoms with Crippen molar-refractivity contribution in [2.45, 2.75) is 6.42 Å². The quantitative estimate of drug-likeness (QED) is 0.695. The molecule has 2 heterocycles. The molecule has 0 bridgehead atoms. The molecule has 112 valence electrons. The van der Waals surface area contributed by atoms with Crippen molar-refractivity contribution in [3.63, 3.8) is 0 Å². The van der Waals surface area contributed by atoms with Crippen LogP contribution in [-0.4, -0.2) is 29.6 Å². The number of aromatic nitrogens is 2. The number of carbonyl (C=O) groups excluding carboxylic acids is 1. The zero-order chi connectivity index (χ0) is 15.5. The highest BCUT2D eigenvalue weighted by Crippen LogP contribution is 2.17. The fourth-order valence-electron chi connectivity index (χ4n) is 2.38. The standard InChI is InChI=1S/C17H16N2O3/c1-21-15-5-3-4-12(8-15)9-16-18-10-14-7-6-13(11-19(14)16)17(20)22-2/h3-8,10-11H,9H2,1-2H3. The van der Waals surface area contributed by atoms with Crippen LogP contribution < -0.4 is 4.74 Å². The van der Waals surface area contributed by atoms with Crippen molar-refractivity contribution in [2.75, 3.05) is 14.2 Å². The number of imidazole rings is 1. The maximum Gasteiger partial charge on any atom is 0.339 e. The number of rotatable bonds is 4. The second kappa shape index (κ2) is 5.89. The van der Waals surface area contributed by atoms with Crippen LogP contribution in [0.15, 0.2) is 48.8 Å². The molecule has 0 N–H and O–H groups in total. The zero-order valence-electron chi connectivity index (χ0n) is 12.4. The van der Waals surface area contributed by atoms with Gasteiger partial charge in [-0.25, -0.2) is 9.78 Å². The van der Waals surface area contributed by atoms with Gasteiger partial charge in [0.25, 0.3) is 0 Å². The first-order valence-corrected chi connectivity index (χ1v) is 6.88. The van der Waals surface area contributed by atoms with Crippen molar-refractivity contribution < 1.29 is 14.3 Å². The highest BCUT2D eigenvalue weighted by atomic mass is 16.5. The summed E-state index contributed by atoms with van der Waals surface area (Å²) in [7, 11) is 3.02. The predicted octanol–water partition coefficient (Wildman–Crippen LogP) is 2.72. The molecular formula is C17H16N2O3. The Hall–Kier alpha value is -2.82. The van der Waals surface area contributed by atoms with E-state index in [9.17, 15) is 4.79 Å². The number of benzene rings is 1. The molecule has 0 amide bonds. The van der Waals surface area contributed by atoms with Gasteiger partial charge in [-0.1, -0.05) is 12.1 Å². The molecule has 0 saturated heterocycles. The Balaban J connectivity index is 1.97. The van der Waals surface area contributed by atoms with Gasteiger partial charge in [0.05, 0.1) is 31.5 Å². The van der Waals surface area contributed by atoms with E-state index < -0.39 is 0 Å². The van der Waals surface area contributed by atoms with E-state index in [0.717, 1.165) is 22.7 Å². The van der Waals surface area contributed by atoms with Gasteiger partial charge in [0.1, 0.15) is 11.6 Å². The smallest absolute Gasteiger partial charge is 0.339 e. The summed E-state index contributed by atoms with van der Waals surface area (Å²) < 4.78 is 11.9. The van der Waals surface area contributed by atoms with Gasteiger partial charge in [0, 0.05) is 12.6 Å². The van der Waals surface area contributed by atoms with E-state index in [1.807, 2.05) is 34.7 Å².